The summed E-state index contributed by atoms with van der Waals surface area (Å²) in [6.45, 7) is 2.91. The van der Waals surface area contributed by atoms with Crippen LogP contribution in [0.3, 0.4) is 0 Å². The van der Waals surface area contributed by atoms with Crippen LogP contribution in [0.1, 0.15) is 17.5 Å². The van der Waals surface area contributed by atoms with Crippen molar-refractivity contribution in [2.45, 2.75) is 20.3 Å². The molecule has 1 aromatic carbocycles. The highest BCUT2D eigenvalue weighted by Gasteiger charge is 2.59. The molecule has 0 aromatic heterocycles. The predicted molar refractivity (Wildman–Crippen MR) is 99.9 cm³/mol. The molecule has 1 saturated heterocycles. The van der Waals surface area contributed by atoms with E-state index in [1.54, 1.807) is 6.07 Å². The number of imide groups is 1. The average Bonchev–Trinajstić information content (AvgIpc) is 3.34. The lowest BCUT2D eigenvalue weighted by Gasteiger charge is -2.16. The smallest absolute Gasteiger partial charge is 0.326 e. The molecule has 3 amide bonds. The van der Waals surface area contributed by atoms with E-state index in [2.05, 4.69) is 5.32 Å². The molecular formula is C21H22N2O5. The Kier molecular flexibility index (Phi) is 4.53. The second kappa shape index (κ2) is 6.89. The van der Waals surface area contributed by atoms with E-state index >= 15 is 0 Å². The van der Waals surface area contributed by atoms with Gasteiger partial charge >= 0.3 is 5.97 Å². The first kappa shape index (κ1) is 18.4. The van der Waals surface area contributed by atoms with Crippen LogP contribution < -0.4 is 5.32 Å². The molecule has 7 heteroatoms. The molecule has 2 bridgehead atoms. The molecule has 1 aromatic rings. The van der Waals surface area contributed by atoms with E-state index in [0.717, 1.165) is 22.4 Å². The Morgan fingerprint density at radius 2 is 1.75 bits per heavy atom. The van der Waals surface area contributed by atoms with E-state index < -0.39 is 25.0 Å². The Balaban J connectivity index is 1.30. The first-order valence-corrected chi connectivity index (χ1v) is 9.42. The largest absolute Gasteiger partial charge is 0.454 e. The van der Waals surface area contributed by atoms with Gasteiger partial charge in [0.1, 0.15) is 6.54 Å². The number of ether oxygens (including phenoxy) is 1. The number of carbonyl (C=O) groups is 4. The second-order valence-electron chi connectivity index (χ2n) is 7.72. The number of aryl methyl sites for hydroxylation is 1. The number of benzene rings is 1. The number of fused-ring (bicyclic) bond motifs is 5. The lowest BCUT2D eigenvalue weighted by atomic mass is 9.85. The summed E-state index contributed by atoms with van der Waals surface area (Å²) in [5, 5.41) is 2.70. The molecule has 0 unspecified atom stereocenters. The minimum atomic E-state index is -0.766. The number of hydrogen-bond acceptors (Lipinski definition) is 5. The number of esters is 1. The first-order chi connectivity index (χ1) is 13.4. The lowest BCUT2D eigenvalue weighted by molar-refractivity contribution is -0.154. The van der Waals surface area contributed by atoms with E-state index in [-0.39, 0.29) is 35.5 Å². The highest BCUT2D eigenvalue weighted by Crippen LogP contribution is 2.52. The minimum absolute atomic E-state index is 0.0933. The summed E-state index contributed by atoms with van der Waals surface area (Å²) >= 11 is 0. The molecule has 1 N–H and O–H groups in total. The number of amides is 3. The van der Waals surface area contributed by atoms with Crippen molar-refractivity contribution in [2.75, 3.05) is 18.5 Å². The zero-order valence-corrected chi connectivity index (χ0v) is 15.8. The quantitative estimate of drug-likeness (QED) is 0.474. The van der Waals surface area contributed by atoms with E-state index in [0.29, 0.717) is 5.69 Å². The predicted octanol–water partition coefficient (Wildman–Crippen LogP) is 1.59. The zero-order valence-electron chi connectivity index (χ0n) is 15.8. The van der Waals surface area contributed by atoms with Crippen molar-refractivity contribution in [3.8, 4) is 0 Å². The molecule has 2 fully saturated rings. The molecule has 28 heavy (non-hydrogen) atoms. The SMILES string of the molecule is Cc1cccc(NC(=O)COC(=O)CN2C(=O)[C@@H]3[C@@H](C2=O)[C@@H]2C=C[C@@H]3C2)c1C. The van der Waals surface area contributed by atoms with E-state index in [9.17, 15) is 19.2 Å². The summed E-state index contributed by atoms with van der Waals surface area (Å²) in [6.07, 6.45) is 4.83. The fraction of sp³-hybridized carbons (Fsp3) is 0.429. The van der Waals surface area contributed by atoms with Gasteiger partial charge < -0.3 is 10.1 Å². The van der Waals surface area contributed by atoms with Crippen molar-refractivity contribution >= 4 is 29.4 Å². The van der Waals surface area contributed by atoms with Gasteiger partial charge in [0.25, 0.3) is 5.91 Å². The van der Waals surface area contributed by atoms with Crippen molar-refractivity contribution in [1.82, 2.24) is 4.90 Å². The van der Waals surface area contributed by atoms with Gasteiger partial charge in [0.05, 0.1) is 11.8 Å². The normalized spacial score (nSPS) is 27.3. The van der Waals surface area contributed by atoms with Crippen LogP contribution in [-0.4, -0.2) is 41.7 Å². The molecule has 0 spiro atoms. The average molecular weight is 382 g/mol. The Morgan fingerprint density at radius 3 is 2.39 bits per heavy atom. The van der Waals surface area contributed by atoms with Gasteiger partial charge in [0, 0.05) is 5.69 Å². The standard InChI is InChI=1S/C21H22N2O5/c1-11-4-3-5-15(12(11)2)22-16(24)10-28-17(25)9-23-20(26)18-13-6-7-14(8-13)19(18)21(23)27/h3-7,13-14,18-19H,8-10H2,1-2H3,(H,22,24)/t13-,14-,18+,19+/m1/s1. The molecule has 4 rings (SSSR count). The van der Waals surface area contributed by atoms with Crippen molar-refractivity contribution in [3.63, 3.8) is 0 Å². The number of nitrogens with zero attached hydrogens (tertiary/aromatic N) is 1. The number of likely N-dealkylation sites (tertiary alicyclic amines) is 1. The molecule has 1 saturated carbocycles. The van der Waals surface area contributed by atoms with Crippen LogP contribution in [0.25, 0.3) is 0 Å². The molecule has 146 valence electrons. The van der Waals surface area contributed by atoms with Crippen LogP contribution in [0.5, 0.6) is 0 Å². The molecular weight excluding hydrogens is 360 g/mol. The van der Waals surface area contributed by atoms with Crippen molar-refractivity contribution < 1.29 is 23.9 Å². The number of nitrogens with one attached hydrogen (secondary N) is 1. The molecule has 4 atom stereocenters. The van der Waals surface area contributed by atoms with Gasteiger partial charge in [0.2, 0.25) is 11.8 Å². The van der Waals surface area contributed by atoms with Crippen molar-refractivity contribution in [2.24, 2.45) is 23.7 Å². The Morgan fingerprint density at radius 1 is 1.11 bits per heavy atom. The van der Waals surface area contributed by atoms with E-state index in [1.165, 1.54) is 0 Å². The summed E-state index contributed by atoms with van der Waals surface area (Å²) in [4.78, 5) is 50.3. The number of rotatable bonds is 5. The third-order valence-corrected chi connectivity index (χ3v) is 6.09. The van der Waals surface area contributed by atoms with Gasteiger partial charge in [-0.3, -0.25) is 24.1 Å². The summed E-state index contributed by atoms with van der Waals surface area (Å²) in [5.74, 6) is -2.34. The van der Waals surface area contributed by atoms with Gasteiger partial charge in [-0.2, -0.15) is 0 Å². The molecule has 1 aliphatic heterocycles. The fourth-order valence-corrected chi connectivity index (χ4v) is 4.51. The van der Waals surface area contributed by atoms with Crippen LogP contribution in [0, 0.1) is 37.5 Å². The number of carbonyl (C=O) groups excluding carboxylic acids is 4. The Bertz CT molecular complexity index is 876. The van der Waals surface area contributed by atoms with Gasteiger partial charge in [-0.25, -0.2) is 0 Å². The van der Waals surface area contributed by atoms with Crippen LogP contribution >= 0.6 is 0 Å². The maximum absolute atomic E-state index is 12.6. The van der Waals surface area contributed by atoms with Crippen LogP contribution in [0.15, 0.2) is 30.4 Å². The summed E-state index contributed by atoms with van der Waals surface area (Å²) in [7, 11) is 0. The summed E-state index contributed by atoms with van der Waals surface area (Å²) in [5.41, 5.74) is 2.63. The van der Waals surface area contributed by atoms with E-state index in [4.69, 9.17) is 4.74 Å². The lowest BCUT2D eigenvalue weighted by Crippen LogP contribution is -2.38. The van der Waals surface area contributed by atoms with Gasteiger partial charge in [-0.1, -0.05) is 24.3 Å². The number of hydrogen-bond donors (Lipinski definition) is 1. The van der Waals surface area contributed by atoms with E-state index in [1.807, 2.05) is 38.1 Å². The van der Waals surface area contributed by atoms with Crippen LogP contribution in [-0.2, 0) is 23.9 Å². The first-order valence-electron chi connectivity index (χ1n) is 9.42. The Hall–Kier alpha value is -2.96. The molecule has 7 nitrogen and oxygen atoms in total. The number of anilines is 1. The maximum Gasteiger partial charge on any atom is 0.326 e. The summed E-state index contributed by atoms with van der Waals surface area (Å²) < 4.78 is 4.98. The monoisotopic (exact) mass is 382 g/mol. The van der Waals surface area contributed by atoms with Crippen molar-refractivity contribution in [1.29, 1.82) is 0 Å². The molecule has 3 aliphatic rings. The van der Waals surface area contributed by atoms with Crippen molar-refractivity contribution in [3.05, 3.63) is 41.5 Å². The second-order valence-corrected chi connectivity index (χ2v) is 7.72. The third kappa shape index (κ3) is 3.00. The summed E-state index contributed by atoms with van der Waals surface area (Å²) in [6, 6.07) is 5.53. The maximum atomic E-state index is 12.6. The van der Waals surface area contributed by atoms with Crippen LogP contribution in [0.2, 0.25) is 0 Å². The van der Waals surface area contributed by atoms with Crippen LogP contribution in [0.4, 0.5) is 5.69 Å². The molecule has 1 heterocycles. The molecule has 2 aliphatic carbocycles. The number of allylic oxidation sites excluding steroid dienone is 2. The molecule has 0 radical (unpaired) electrons. The highest BCUT2D eigenvalue weighted by molar-refractivity contribution is 6.08. The minimum Gasteiger partial charge on any atom is -0.454 e. The van der Waals surface area contributed by atoms with Gasteiger partial charge in [-0.05, 0) is 49.3 Å². The fourth-order valence-electron chi connectivity index (χ4n) is 4.51. The van der Waals surface area contributed by atoms with Gasteiger partial charge in [-0.15, -0.1) is 0 Å². The highest BCUT2D eigenvalue weighted by atomic mass is 16.5. The Labute approximate surface area is 162 Å². The zero-order chi connectivity index (χ0) is 20.0. The third-order valence-electron chi connectivity index (χ3n) is 6.09. The van der Waals surface area contributed by atoms with Gasteiger partial charge in [0.15, 0.2) is 6.61 Å². The topological polar surface area (TPSA) is 92.8 Å².